The topological polar surface area (TPSA) is 72.8 Å². The molecular weight excluding hydrogens is 344 g/mol. The van der Waals surface area contributed by atoms with Crippen LogP contribution in [0.25, 0.3) is 0 Å². The van der Waals surface area contributed by atoms with Gasteiger partial charge in [0.1, 0.15) is 12.4 Å². The number of ketones is 1. The highest BCUT2D eigenvalue weighted by Gasteiger charge is 2.60. The molecule has 1 aromatic rings. The first kappa shape index (κ1) is 18.5. The van der Waals surface area contributed by atoms with E-state index >= 15 is 0 Å². The van der Waals surface area contributed by atoms with Crippen LogP contribution in [0.3, 0.4) is 0 Å². The smallest absolute Gasteiger partial charge is 0.312 e. The standard InChI is InChI=1S/C22H28O5/c1-3-26-19-5-4-17(14(2)23)7-18(19)12-27-20(24)21-8-15-6-16(9-21)11-22(25,10-15)13-21/h4-5,7,15-16,25H,3,6,8-13H2,1-2H3/t15-,16+,21?,22?. The van der Waals surface area contributed by atoms with Gasteiger partial charge in [-0.2, -0.15) is 0 Å². The van der Waals surface area contributed by atoms with E-state index < -0.39 is 11.0 Å². The lowest BCUT2D eigenvalue weighted by molar-refractivity contribution is -0.197. The van der Waals surface area contributed by atoms with Gasteiger partial charge in [0.15, 0.2) is 5.78 Å². The zero-order chi connectivity index (χ0) is 19.2. The maximum absolute atomic E-state index is 13.1. The monoisotopic (exact) mass is 372 g/mol. The third-order valence-corrected chi connectivity index (χ3v) is 6.59. The predicted molar refractivity (Wildman–Crippen MR) is 99.5 cm³/mol. The third kappa shape index (κ3) is 3.38. The minimum atomic E-state index is -0.686. The first-order valence-corrected chi connectivity index (χ1v) is 9.99. The van der Waals surface area contributed by atoms with Crippen molar-refractivity contribution in [3.63, 3.8) is 0 Å². The van der Waals surface area contributed by atoms with Gasteiger partial charge in [-0.15, -0.1) is 0 Å². The zero-order valence-electron chi connectivity index (χ0n) is 16.1. The molecule has 5 nitrogen and oxygen atoms in total. The zero-order valence-corrected chi connectivity index (χ0v) is 16.1. The van der Waals surface area contributed by atoms with Crippen molar-refractivity contribution in [1.82, 2.24) is 0 Å². The highest BCUT2D eigenvalue weighted by atomic mass is 16.5. The number of rotatable bonds is 6. The van der Waals surface area contributed by atoms with Crippen LogP contribution in [-0.4, -0.2) is 29.1 Å². The van der Waals surface area contributed by atoms with E-state index in [1.54, 1.807) is 18.2 Å². The highest BCUT2D eigenvalue weighted by Crippen LogP contribution is 2.62. The average molecular weight is 372 g/mol. The summed E-state index contributed by atoms with van der Waals surface area (Å²) in [5.74, 6) is 1.27. The summed E-state index contributed by atoms with van der Waals surface area (Å²) in [6.07, 6.45) is 4.97. The van der Waals surface area contributed by atoms with Crippen LogP contribution in [0.4, 0.5) is 0 Å². The largest absolute Gasteiger partial charge is 0.493 e. The van der Waals surface area contributed by atoms with E-state index in [9.17, 15) is 14.7 Å². The van der Waals surface area contributed by atoms with Gasteiger partial charge in [0.25, 0.3) is 0 Å². The molecule has 0 saturated heterocycles. The molecule has 5 rings (SSSR count). The number of carbonyl (C=O) groups is 2. The summed E-state index contributed by atoms with van der Waals surface area (Å²) in [5.41, 5.74) is 0.0617. The fraction of sp³-hybridized carbons (Fsp3) is 0.636. The summed E-state index contributed by atoms with van der Waals surface area (Å²) in [5, 5.41) is 10.8. The molecule has 1 N–H and O–H groups in total. The molecule has 4 aliphatic rings. The average Bonchev–Trinajstić information content (AvgIpc) is 2.58. The van der Waals surface area contributed by atoms with E-state index in [1.165, 1.54) is 6.92 Å². The molecule has 4 atom stereocenters. The molecule has 4 fully saturated rings. The number of ether oxygens (including phenoxy) is 2. The molecule has 27 heavy (non-hydrogen) atoms. The number of aliphatic hydroxyl groups is 1. The van der Waals surface area contributed by atoms with E-state index in [1.807, 2.05) is 6.92 Å². The van der Waals surface area contributed by atoms with Crippen LogP contribution >= 0.6 is 0 Å². The number of hydrogen-bond donors (Lipinski definition) is 1. The van der Waals surface area contributed by atoms with Gasteiger partial charge in [0.05, 0.1) is 17.6 Å². The van der Waals surface area contributed by atoms with Crippen LogP contribution < -0.4 is 4.74 Å². The van der Waals surface area contributed by atoms with Crippen LogP contribution in [0.5, 0.6) is 5.75 Å². The van der Waals surface area contributed by atoms with Crippen molar-refractivity contribution in [3.05, 3.63) is 29.3 Å². The van der Waals surface area contributed by atoms with Gasteiger partial charge in [-0.1, -0.05) is 0 Å². The Morgan fingerprint density at radius 3 is 2.48 bits per heavy atom. The van der Waals surface area contributed by atoms with Crippen molar-refractivity contribution >= 4 is 11.8 Å². The molecule has 1 aromatic carbocycles. The summed E-state index contributed by atoms with van der Waals surface area (Å²) in [6, 6.07) is 5.23. The Morgan fingerprint density at radius 1 is 1.19 bits per heavy atom. The first-order chi connectivity index (χ1) is 12.8. The van der Waals surface area contributed by atoms with Crippen LogP contribution in [-0.2, 0) is 16.1 Å². The van der Waals surface area contributed by atoms with Gasteiger partial charge in [0.2, 0.25) is 0 Å². The van der Waals surface area contributed by atoms with Crippen LogP contribution in [0.2, 0.25) is 0 Å². The molecule has 0 spiro atoms. The normalized spacial score (nSPS) is 33.7. The molecule has 2 unspecified atom stereocenters. The molecule has 4 bridgehead atoms. The fourth-order valence-electron chi connectivity index (χ4n) is 5.96. The molecule has 146 valence electrons. The van der Waals surface area contributed by atoms with E-state index in [0.717, 1.165) is 32.1 Å². The van der Waals surface area contributed by atoms with Gasteiger partial charge in [-0.25, -0.2) is 0 Å². The maximum Gasteiger partial charge on any atom is 0.312 e. The minimum Gasteiger partial charge on any atom is -0.493 e. The van der Waals surface area contributed by atoms with E-state index in [0.29, 0.717) is 41.7 Å². The second kappa shape index (κ2) is 6.62. The summed E-state index contributed by atoms with van der Waals surface area (Å²) in [7, 11) is 0. The van der Waals surface area contributed by atoms with E-state index in [-0.39, 0.29) is 18.4 Å². The summed E-state index contributed by atoms with van der Waals surface area (Å²) in [6.45, 7) is 4.00. The van der Waals surface area contributed by atoms with Crippen molar-refractivity contribution in [3.8, 4) is 5.75 Å². The maximum atomic E-state index is 13.1. The number of hydrogen-bond acceptors (Lipinski definition) is 5. The SMILES string of the molecule is CCOc1ccc(C(C)=O)cc1COC(=O)C12C[C@@H]3C[C@@H](CC(O)(C3)C1)C2. The molecule has 4 aliphatic carbocycles. The Hall–Kier alpha value is -1.88. The van der Waals surface area contributed by atoms with Crippen molar-refractivity contribution in [1.29, 1.82) is 0 Å². The highest BCUT2D eigenvalue weighted by molar-refractivity contribution is 5.94. The Morgan fingerprint density at radius 2 is 1.89 bits per heavy atom. The molecule has 4 saturated carbocycles. The molecule has 0 heterocycles. The molecular formula is C22H28O5. The van der Waals surface area contributed by atoms with Crippen molar-refractivity contribution in [2.45, 2.75) is 64.6 Å². The van der Waals surface area contributed by atoms with Crippen molar-refractivity contribution < 1.29 is 24.2 Å². The first-order valence-electron chi connectivity index (χ1n) is 9.99. The molecule has 0 amide bonds. The predicted octanol–water partition coefficient (Wildman–Crippen LogP) is 3.66. The number of benzene rings is 1. The van der Waals surface area contributed by atoms with E-state index in [4.69, 9.17) is 9.47 Å². The lowest BCUT2D eigenvalue weighted by Gasteiger charge is -2.58. The summed E-state index contributed by atoms with van der Waals surface area (Å²) < 4.78 is 11.4. The summed E-state index contributed by atoms with van der Waals surface area (Å²) in [4.78, 5) is 24.8. The minimum absolute atomic E-state index is 0.0334. The van der Waals surface area contributed by atoms with Gasteiger partial charge in [0, 0.05) is 11.1 Å². The van der Waals surface area contributed by atoms with Gasteiger partial charge in [-0.3, -0.25) is 9.59 Å². The lowest BCUT2D eigenvalue weighted by atomic mass is 9.48. The molecule has 0 aromatic heterocycles. The number of esters is 1. The van der Waals surface area contributed by atoms with Crippen molar-refractivity contribution in [2.24, 2.45) is 17.3 Å². The second-order valence-corrected chi connectivity index (χ2v) is 8.85. The quantitative estimate of drug-likeness (QED) is 0.609. The van der Waals surface area contributed by atoms with Gasteiger partial charge in [-0.05, 0) is 82.4 Å². The van der Waals surface area contributed by atoms with Gasteiger partial charge >= 0.3 is 5.97 Å². The Labute approximate surface area is 160 Å². The lowest BCUT2D eigenvalue weighted by Crippen LogP contribution is -2.58. The second-order valence-electron chi connectivity index (χ2n) is 8.85. The van der Waals surface area contributed by atoms with E-state index in [2.05, 4.69) is 0 Å². The van der Waals surface area contributed by atoms with Crippen LogP contribution in [0.15, 0.2) is 18.2 Å². The molecule has 5 heteroatoms. The van der Waals surface area contributed by atoms with Crippen LogP contribution in [0.1, 0.15) is 68.3 Å². The summed E-state index contributed by atoms with van der Waals surface area (Å²) >= 11 is 0. The number of Topliss-reactive ketones (excluding diaryl/α,β-unsaturated/α-hetero) is 1. The molecule has 0 radical (unpaired) electrons. The Balaban J connectivity index is 1.51. The van der Waals surface area contributed by atoms with Gasteiger partial charge < -0.3 is 14.6 Å². The Bertz CT molecular complexity index is 754. The Kier molecular flexibility index (Phi) is 4.53. The third-order valence-electron chi connectivity index (χ3n) is 6.59. The van der Waals surface area contributed by atoms with Crippen molar-refractivity contribution in [2.75, 3.05) is 6.61 Å². The fourth-order valence-corrected chi connectivity index (χ4v) is 5.96. The number of carbonyl (C=O) groups excluding carboxylic acids is 2. The molecule has 0 aliphatic heterocycles. The van der Waals surface area contributed by atoms with Crippen LogP contribution in [0, 0.1) is 17.3 Å².